The number of para-hydroxylation sites is 1. The Labute approximate surface area is 130 Å². The third kappa shape index (κ3) is 2.90. The van der Waals surface area contributed by atoms with Gasteiger partial charge in [-0.2, -0.15) is 0 Å². The SMILES string of the molecule is Oc1ccc(/C=C/c2ccc3cccc(O)c3n2)cc1Br. The van der Waals surface area contributed by atoms with Crippen molar-refractivity contribution in [3.05, 3.63) is 64.3 Å². The number of nitrogens with zero attached hydrogens (tertiary/aromatic N) is 1. The molecular weight excluding hydrogens is 330 g/mol. The fraction of sp³-hybridized carbons (Fsp3) is 0. The van der Waals surface area contributed by atoms with E-state index in [4.69, 9.17) is 0 Å². The highest BCUT2D eigenvalue weighted by molar-refractivity contribution is 9.10. The zero-order chi connectivity index (χ0) is 14.8. The number of halogens is 1. The monoisotopic (exact) mass is 341 g/mol. The van der Waals surface area contributed by atoms with Crippen LogP contribution in [0.4, 0.5) is 0 Å². The lowest BCUT2D eigenvalue weighted by Crippen LogP contribution is -1.83. The van der Waals surface area contributed by atoms with Crippen molar-refractivity contribution in [3.63, 3.8) is 0 Å². The summed E-state index contributed by atoms with van der Waals surface area (Å²) in [5.41, 5.74) is 2.29. The molecule has 2 aromatic carbocycles. The van der Waals surface area contributed by atoms with Crippen LogP contribution >= 0.6 is 15.9 Å². The van der Waals surface area contributed by atoms with Gasteiger partial charge in [-0.05, 0) is 51.8 Å². The third-order valence-corrected chi connectivity index (χ3v) is 3.77. The van der Waals surface area contributed by atoms with Gasteiger partial charge in [-0.1, -0.05) is 30.3 Å². The molecule has 0 atom stereocenters. The van der Waals surface area contributed by atoms with Crippen molar-refractivity contribution >= 4 is 39.0 Å². The van der Waals surface area contributed by atoms with Crippen LogP contribution in [0.15, 0.2) is 53.0 Å². The van der Waals surface area contributed by atoms with Crippen molar-refractivity contribution in [1.29, 1.82) is 0 Å². The molecule has 0 saturated carbocycles. The summed E-state index contributed by atoms with van der Waals surface area (Å²) in [5.74, 6) is 0.385. The van der Waals surface area contributed by atoms with Crippen LogP contribution < -0.4 is 0 Å². The molecule has 0 aliphatic rings. The van der Waals surface area contributed by atoms with E-state index in [-0.39, 0.29) is 11.5 Å². The van der Waals surface area contributed by atoms with Gasteiger partial charge in [-0.25, -0.2) is 4.98 Å². The molecule has 0 aliphatic heterocycles. The normalized spacial score (nSPS) is 11.3. The van der Waals surface area contributed by atoms with Crippen molar-refractivity contribution in [3.8, 4) is 11.5 Å². The Morgan fingerprint density at radius 1 is 0.905 bits per heavy atom. The Balaban J connectivity index is 1.95. The first kappa shape index (κ1) is 13.6. The summed E-state index contributed by atoms with van der Waals surface area (Å²) in [6.07, 6.45) is 3.77. The van der Waals surface area contributed by atoms with Crippen LogP contribution in [0.5, 0.6) is 11.5 Å². The molecule has 104 valence electrons. The summed E-state index contributed by atoms with van der Waals surface area (Å²) in [5, 5.41) is 20.2. The van der Waals surface area contributed by atoms with Gasteiger partial charge in [0.1, 0.15) is 17.0 Å². The largest absolute Gasteiger partial charge is 0.507 e. The fourth-order valence-corrected chi connectivity index (χ4v) is 2.44. The lowest BCUT2D eigenvalue weighted by molar-refractivity contribution is 0.472. The first-order valence-electron chi connectivity index (χ1n) is 6.39. The molecule has 0 spiro atoms. The number of phenolic OH excluding ortho intramolecular Hbond substituents is 2. The molecule has 2 N–H and O–H groups in total. The van der Waals surface area contributed by atoms with Crippen molar-refractivity contribution in [2.75, 3.05) is 0 Å². The molecule has 3 rings (SSSR count). The van der Waals surface area contributed by atoms with Crippen molar-refractivity contribution in [2.45, 2.75) is 0 Å². The van der Waals surface area contributed by atoms with Gasteiger partial charge in [0.2, 0.25) is 0 Å². The van der Waals surface area contributed by atoms with Crippen LogP contribution in [0.1, 0.15) is 11.3 Å². The van der Waals surface area contributed by atoms with E-state index < -0.39 is 0 Å². The average Bonchev–Trinajstić information content (AvgIpc) is 2.49. The van der Waals surface area contributed by atoms with Gasteiger partial charge in [0, 0.05) is 5.39 Å². The highest BCUT2D eigenvalue weighted by atomic mass is 79.9. The quantitative estimate of drug-likeness (QED) is 0.717. The van der Waals surface area contributed by atoms with E-state index in [1.54, 1.807) is 18.2 Å². The number of aromatic nitrogens is 1. The molecule has 3 aromatic rings. The number of rotatable bonds is 2. The van der Waals surface area contributed by atoms with Crippen molar-refractivity contribution in [2.24, 2.45) is 0 Å². The minimum absolute atomic E-state index is 0.176. The molecule has 21 heavy (non-hydrogen) atoms. The molecule has 0 radical (unpaired) electrons. The maximum absolute atomic E-state index is 9.83. The smallest absolute Gasteiger partial charge is 0.141 e. The highest BCUT2D eigenvalue weighted by Gasteiger charge is 2.01. The number of benzene rings is 2. The lowest BCUT2D eigenvalue weighted by Gasteiger charge is -2.01. The van der Waals surface area contributed by atoms with Gasteiger partial charge in [0.15, 0.2) is 0 Å². The summed E-state index contributed by atoms with van der Waals surface area (Å²) in [6.45, 7) is 0. The van der Waals surface area contributed by atoms with E-state index in [0.29, 0.717) is 9.99 Å². The Kier molecular flexibility index (Phi) is 3.62. The second-order valence-corrected chi connectivity index (χ2v) is 5.48. The first-order valence-corrected chi connectivity index (χ1v) is 7.18. The molecule has 3 nitrogen and oxygen atoms in total. The average molecular weight is 342 g/mol. The van der Waals surface area contributed by atoms with Gasteiger partial charge in [0.05, 0.1) is 10.2 Å². The third-order valence-electron chi connectivity index (χ3n) is 3.14. The molecule has 0 aliphatic carbocycles. The van der Waals surface area contributed by atoms with Gasteiger partial charge in [-0.3, -0.25) is 0 Å². The van der Waals surface area contributed by atoms with E-state index in [9.17, 15) is 10.2 Å². The Morgan fingerprint density at radius 2 is 1.76 bits per heavy atom. The zero-order valence-electron chi connectivity index (χ0n) is 11.0. The molecular formula is C17H12BrNO2. The van der Waals surface area contributed by atoms with Crippen molar-refractivity contribution in [1.82, 2.24) is 4.98 Å². The molecule has 0 unspecified atom stereocenters. The molecule has 4 heteroatoms. The summed E-state index contributed by atoms with van der Waals surface area (Å²) >= 11 is 3.28. The van der Waals surface area contributed by atoms with Crippen LogP contribution in [0, 0.1) is 0 Å². The fourth-order valence-electron chi connectivity index (χ4n) is 2.05. The Morgan fingerprint density at radius 3 is 2.57 bits per heavy atom. The second kappa shape index (κ2) is 5.58. The summed E-state index contributed by atoms with van der Waals surface area (Å²) in [6, 6.07) is 14.4. The summed E-state index contributed by atoms with van der Waals surface area (Å²) in [7, 11) is 0. The molecule has 1 aromatic heterocycles. The number of fused-ring (bicyclic) bond motifs is 1. The number of aromatic hydroxyl groups is 2. The molecule has 0 saturated heterocycles. The number of phenols is 2. The minimum atomic E-state index is 0.176. The zero-order valence-corrected chi connectivity index (χ0v) is 12.6. The minimum Gasteiger partial charge on any atom is -0.507 e. The van der Waals surface area contributed by atoms with Gasteiger partial charge in [-0.15, -0.1) is 0 Å². The van der Waals surface area contributed by atoms with E-state index >= 15 is 0 Å². The first-order chi connectivity index (χ1) is 10.1. The van der Waals surface area contributed by atoms with Crippen LogP contribution in [-0.2, 0) is 0 Å². The van der Waals surface area contributed by atoms with Gasteiger partial charge < -0.3 is 10.2 Å². The van der Waals surface area contributed by atoms with E-state index in [0.717, 1.165) is 16.6 Å². The maximum Gasteiger partial charge on any atom is 0.141 e. The summed E-state index contributed by atoms with van der Waals surface area (Å²) in [4.78, 5) is 4.43. The van der Waals surface area contributed by atoms with Gasteiger partial charge >= 0.3 is 0 Å². The number of pyridine rings is 1. The standard InChI is InChI=1S/C17H12BrNO2/c18-14-10-11(5-9-15(14)20)4-7-13-8-6-12-2-1-3-16(21)17(12)19-13/h1-10,20-21H/b7-4+. The number of hydrogen-bond donors (Lipinski definition) is 2. The van der Waals surface area contributed by atoms with Crippen LogP contribution in [0.3, 0.4) is 0 Å². The van der Waals surface area contributed by atoms with E-state index in [2.05, 4.69) is 20.9 Å². The summed E-state index contributed by atoms with van der Waals surface area (Å²) < 4.78 is 0.647. The van der Waals surface area contributed by atoms with Crippen molar-refractivity contribution < 1.29 is 10.2 Å². The predicted molar refractivity (Wildman–Crippen MR) is 88.1 cm³/mol. The van der Waals surface area contributed by atoms with E-state index in [1.807, 2.05) is 42.5 Å². The molecule has 0 bridgehead atoms. The predicted octanol–water partition coefficient (Wildman–Crippen LogP) is 4.58. The molecule has 1 heterocycles. The Bertz CT molecular complexity index is 843. The highest BCUT2D eigenvalue weighted by Crippen LogP contribution is 2.26. The van der Waals surface area contributed by atoms with Gasteiger partial charge in [0.25, 0.3) is 0 Å². The van der Waals surface area contributed by atoms with E-state index in [1.165, 1.54) is 0 Å². The second-order valence-electron chi connectivity index (χ2n) is 4.63. The Hall–Kier alpha value is -2.33. The molecule has 0 amide bonds. The topological polar surface area (TPSA) is 53.4 Å². The lowest BCUT2D eigenvalue weighted by atomic mass is 10.1. The van der Waals surface area contributed by atoms with Crippen LogP contribution in [-0.4, -0.2) is 15.2 Å². The van der Waals surface area contributed by atoms with Crippen LogP contribution in [0.2, 0.25) is 0 Å². The van der Waals surface area contributed by atoms with Crippen LogP contribution in [0.25, 0.3) is 23.1 Å². The number of hydrogen-bond acceptors (Lipinski definition) is 3. The maximum atomic E-state index is 9.83. The molecule has 0 fully saturated rings.